The maximum absolute atomic E-state index is 12.0. The highest BCUT2D eigenvalue weighted by Gasteiger charge is 2.25. The van der Waals surface area contributed by atoms with Gasteiger partial charge in [-0.25, -0.2) is 4.79 Å². The first-order chi connectivity index (χ1) is 12.1. The SMILES string of the molecule is C=CC(=O)OCCOC(C)OC(C)Sc1ccc(C(=O)C(C)(C)O)cc1. The average molecular weight is 382 g/mol. The maximum Gasteiger partial charge on any atom is 0.330 e. The van der Waals surface area contributed by atoms with E-state index in [1.165, 1.54) is 25.6 Å². The molecule has 0 amide bonds. The number of hydrogen-bond donors (Lipinski definition) is 1. The summed E-state index contributed by atoms with van der Waals surface area (Å²) in [4.78, 5) is 23.8. The summed E-state index contributed by atoms with van der Waals surface area (Å²) in [5.41, 5.74) is -1.12. The minimum atomic E-state index is -1.39. The van der Waals surface area contributed by atoms with E-state index in [0.717, 1.165) is 11.0 Å². The van der Waals surface area contributed by atoms with E-state index in [9.17, 15) is 14.7 Å². The average Bonchev–Trinajstić information content (AvgIpc) is 2.57. The molecule has 1 rings (SSSR count). The molecule has 1 aromatic carbocycles. The van der Waals surface area contributed by atoms with Crippen LogP contribution in [0.2, 0.25) is 0 Å². The number of benzene rings is 1. The highest BCUT2D eigenvalue weighted by Crippen LogP contribution is 2.26. The van der Waals surface area contributed by atoms with E-state index in [-0.39, 0.29) is 24.4 Å². The van der Waals surface area contributed by atoms with Gasteiger partial charge in [-0.3, -0.25) is 4.79 Å². The van der Waals surface area contributed by atoms with Crippen LogP contribution in [0.15, 0.2) is 41.8 Å². The number of rotatable bonds is 11. The summed E-state index contributed by atoms with van der Waals surface area (Å²) >= 11 is 1.47. The van der Waals surface area contributed by atoms with E-state index in [0.29, 0.717) is 5.56 Å². The molecule has 0 bridgehead atoms. The van der Waals surface area contributed by atoms with Crippen molar-refractivity contribution >= 4 is 23.5 Å². The topological polar surface area (TPSA) is 82.1 Å². The van der Waals surface area contributed by atoms with Crippen LogP contribution in [0.5, 0.6) is 0 Å². The van der Waals surface area contributed by atoms with Crippen molar-refractivity contribution in [3.8, 4) is 0 Å². The second-order valence-electron chi connectivity index (χ2n) is 6.04. The number of aliphatic hydroxyl groups is 1. The van der Waals surface area contributed by atoms with Crippen molar-refractivity contribution in [3.05, 3.63) is 42.5 Å². The van der Waals surface area contributed by atoms with E-state index in [2.05, 4.69) is 6.58 Å². The number of esters is 1. The molecule has 7 heteroatoms. The molecule has 26 heavy (non-hydrogen) atoms. The predicted octanol–water partition coefficient (Wildman–Crippen LogP) is 3.19. The van der Waals surface area contributed by atoms with Crippen LogP contribution in [0.25, 0.3) is 0 Å². The Morgan fingerprint density at radius 3 is 2.38 bits per heavy atom. The lowest BCUT2D eigenvalue weighted by molar-refractivity contribution is -0.155. The number of hydrogen-bond acceptors (Lipinski definition) is 7. The van der Waals surface area contributed by atoms with Gasteiger partial charge in [0.1, 0.15) is 17.6 Å². The van der Waals surface area contributed by atoms with Crippen LogP contribution in [-0.2, 0) is 19.0 Å². The molecule has 2 unspecified atom stereocenters. The molecule has 0 aliphatic heterocycles. The lowest BCUT2D eigenvalue weighted by Crippen LogP contribution is -2.30. The summed E-state index contributed by atoms with van der Waals surface area (Å²) in [5, 5.41) is 9.77. The minimum absolute atomic E-state index is 0.136. The highest BCUT2D eigenvalue weighted by atomic mass is 32.2. The van der Waals surface area contributed by atoms with Gasteiger partial charge in [-0.2, -0.15) is 0 Å². The zero-order chi connectivity index (χ0) is 19.7. The van der Waals surface area contributed by atoms with Gasteiger partial charge in [-0.1, -0.05) is 30.5 Å². The van der Waals surface area contributed by atoms with Crippen molar-refractivity contribution in [3.63, 3.8) is 0 Å². The summed E-state index contributed by atoms with van der Waals surface area (Å²) in [6, 6.07) is 6.99. The maximum atomic E-state index is 12.0. The fourth-order valence-electron chi connectivity index (χ4n) is 1.98. The standard InChI is InChI=1S/C19H26O6S/c1-6-17(20)24-12-11-23-13(2)25-14(3)26-16-9-7-15(8-10-16)18(21)19(4,5)22/h6-10,13-14,22H,1,11-12H2,2-5H3. The first-order valence-corrected chi connectivity index (χ1v) is 9.11. The van der Waals surface area contributed by atoms with Crippen molar-refractivity contribution in [2.24, 2.45) is 0 Å². The van der Waals surface area contributed by atoms with Crippen LogP contribution in [-0.4, -0.2) is 47.4 Å². The number of ether oxygens (including phenoxy) is 3. The Morgan fingerprint density at radius 1 is 1.23 bits per heavy atom. The number of thioether (sulfide) groups is 1. The third-order valence-electron chi connectivity index (χ3n) is 3.20. The highest BCUT2D eigenvalue weighted by molar-refractivity contribution is 7.99. The summed E-state index contributed by atoms with van der Waals surface area (Å²) < 4.78 is 15.9. The van der Waals surface area contributed by atoms with Gasteiger partial charge in [0.05, 0.1) is 6.61 Å². The quantitative estimate of drug-likeness (QED) is 0.157. The van der Waals surface area contributed by atoms with Crippen LogP contribution < -0.4 is 0 Å². The molecule has 0 spiro atoms. The predicted molar refractivity (Wildman–Crippen MR) is 100 cm³/mol. The monoisotopic (exact) mass is 382 g/mol. The molecular weight excluding hydrogens is 356 g/mol. The van der Waals surface area contributed by atoms with Gasteiger partial charge in [0.25, 0.3) is 0 Å². The zero-order valence-corrected chi connectivity index (χ0v) is 16.4. The van der Waals surface area contributed by atoms with Crippen molar-refractivity contribution in [2.75, 3.05) is 13.2 Å². The Kier molecular flexibility index (Phi) is 9.01. The van der Waals surface area contributed by atoms with Crippen molar-refractivity contribution < 1.29 is 28.9 Å². The normalized spacial score (nSPS) is 13.7. The van der Waals surface area contributed by atoms with Crippen molar-refractivity contribution in [1.29, 1.82) is 0 Å². The third kappa shape index (κ3) is 8.14. The van der Waals surface area contributed by atoms with Gasteiger partial charge >= 0.3 is 5.97 Å². The molecule has 0 fully saturated rings. The van der Waals surface area contributed by atoms with Gasteiger partial charge in [-0.15, -0.1) is 0 Å². The van der Waals surface area contributed by atoms with E-state index in [1.807, 2.05) is 19.1 Å². The van der Waals surface area contributed by atoms with Crippen molar-refractivity contribution in [2.45, 2.75) is 49.9 Å². The molecule has 0 saturated carbocycles. The molecule has 0 aromatic heterocycles. The van der Waals surface area contributed by atoms with E-state index < -0.39 is 17.9 Å². The fourth-order valence-corrected chi connectivity index (χ4v) is 2.87. The number of Topliss-reactive ketones (excluding diaryl/α,β-unsaturated/α-hetero) is 1. The lowest BCUT2D eigenvalue weighted by atomic mass is 9.97. The molecular formula is C19H26O6S. The second-order valence-corrected chi connectivity index (χ2v) is 7.42. The third-order valence-corrected chi connectivity index (χ3v) is 4.19. The molecule has 1 aromatic rings. The molecule has 6 nitrogen and oxygen atoms in total. The molecule has 1 N–H and O–H groups in total. The molecule has 2 atom stereocenters. The van der Waals surface area contributed by atoms with Gasteiger partial charge in [-0.05, 0) is 39.8 Å². The summed E-state index contributed by atoms with van der Waals surface area (Å²) in [6.45, 7) is 10.3. The molecule has 144 valence electrons. The Hall–Kier alpha value is -1.67. The van der Waals surface area contributed by atoms with E-state index in [4.69, 9.17) is 14.2 Å². The largest absolute Gasteiger partial charge is 0.460 e. The van der Waals surface area contributed by atoms with Gasteiger partial charge in [0.2, 0.25) is 0 Å². The molecule has 0 aliphatic rings. The van der Waals surface area contributed by atoms with Gasteiger partial charge in [0.15, 0.2) is 12.1 Å². The first-order valence-electron chi connectivity index (χ1n) is 8.23. The van der Waals surface area contributed by atoms with Crippen molar-refractivity contribution in [1.82, 2.24) is 0 Å². The Bertz CT molecular complexity index is 605. The van der Waals surface area contributed by atoms with Crippen LogP contribution in [0, 0.1) is 0 Å². The van der Waals surface area contributed by atoms with Crippen LogP contribution >= 0.6 is 11.8 Å². The minimum Gasteiger partial charge on any atom is -0.460 e. The second kappa shape index (κ2) is 10.5. The van der Waals surface area contributed by atoms with Crippen LogP contribution in [0.1, 0.15) is 38.1 Å². The fraction of sp³-hybridized carbons (Fsp3) is 0.474. The molecule has 0 radical (unpaired) electrons. The Morgan fingerprint density at radius 2 is 1.85 bits per heavy atom. The van der Waals surface area contributed by atoms with E-state index >= 15 is 0 Å². The number of carbonyl (C=O) groups excluding carboxylic acids is 2. The van der Waals surface area contributed by atoms with Gasteiger partial charge in [0, 0.05) is 16.5 Å². The van der Waals surface area contributed by atoms with Gasteiger partial charge < -0.3 is 19.3 Å². The Balaban J connectivity index is 2.40. The number of carbonyl (C=O) groups is 2. The lowest BCUT2D eigenvalue weighted by Gasteiger charge is -2.19. The van der Waals surface area contributed by atoms with Crippen LogP contribution in [0.3, 0.4) is 0 Å². The van der Waals surface area contributed by atoms with E-state index in [1.54, 1.807) is 19.1 Å². The number of ketones is 1. The molecule has 0 heterocycles. The first kappa shape index (κ1) is 22.4. The zero-order valence-electron chi connectivity index (χ0n) is 15.6. The summed E-state index contributed by atoms with van der Waals surface area (Å²) in [7, 11) is 0. The molecule has 0 aliphatic carbocycles. The smallest absolute Gasteiger partial charge is 0.330 e. The Labute approximate surface area is 158 Å². The summed E-state index contributed by atoms with van der Waals surface area (Å²) in [6.07, 6.45) is 0.634. The summed E-state index contributed by atoms with van der Waals surface area (Å²) in [5.74, 6) is -0.810. The van der Waals surface area contributed by atoms with Crippen LogP contribution in [0.4, 0.5) is 0 Å². The molecule has 0 saturated heterocycles.